The molecule has 0 fully saturated rings. The number of aromatic amines is 1. The van der Waals surface area contributed by atoms with E-state index in [0.29, 0.717) is 28.3 Å². The number of nitriles is 1. The fourth-order valence-electron chi connectivity index (χ4n) is 3.30. The molecule has 1 amide bonds. The Kier molecular flexibility index (Phi) is 6.80. The Morgan fingerprint density at radius 3 is 2.97 bits per heavy atom. The number of benzene rings is 1. The number of thioether (sulfide) groups is 1. The molecule has 2 heterocycles. The number of hydrogen-bond donors (Lipinski definition) is 2. The smallest absolute Gasteiger partial charge is 0.406 e. The van der Waals surface area contributed by atoms with Crippen molar-refractivity contribution in [2.45, 2.75) is 31.6 Å². The van der Waals surface area contributed by atoms with Gasteiger partial charge in [0.2, 0.25) is 0 Å². The lowest BCUT2D eigenvalue weighted by molar-refractivity contribution is -0.0196. The maximum atomic E-state index is 12.4. The van der Waals surface area contributed by atoms with Crippen LogP contribution in [0.5, 0.6) is 0 Å². The topological polar surface area (TPSA) is 117 Å². The zero-order valence-electron chi connectivity index (χ0n) is 17.2. The van der Waals surface area contributed by atoms with Crippen molar-refractivity contribution in [3.63, 3.8) is 0 Å². The van der Waals surface area contributed by atoms with Crippen LogP contribution in [0.25, 0.3) is 11.4 Å². The van der Waals surface area contributed by atoms with Crippen LogP contribution in [0.2, 0.25) is 0 Å². The van der Waals surface area contributed by atoms with Gasteiger partial charge in [0.15, 0.2) is 0 Å². The zero-order valence-corrected chi connectivity index (χ0v) is 18.0. The first-order chi connectivity index (χ1) is 14.4. The monoisotopic (exact) mass is 428 g/mol. The van der Waals surface area contributed by atoms with Gasteiger partial charge in [-0.2, -0.15) is 17.0 Å². The number of aromatic nitrogens is 2. The van der Waals surface area contributed by atoms with Gasteiger partial charge in [-0.3, -0.25) is 4.79 Å². The van der Waals surface area contributed by atoms with Gasteiger partial charge in [-0.1, -0.05) is 12.1 Å². The standard InChI is InChI=1S/C21H24N4O4S/c1-21(2,29-8-7-23-20(27)28-3)16-5-4-13(10-14(16)11-22)18-24-17-6-9-30-12-15(17)19(26)25-18/h4-5,10H,6-9,12H2,1-3H3,(H,23,27)(H,24,25,26). The average molecular weight is 429 g/mol. The van der Waals surface area contributed by atoms with E-state index in [0.717, 1.165) is 23.4 Å². The molecule has 2 aromatic rings. The van der Waals surface area contributed by atoms with E-state index in [1.54, 1.807) is 17.8 Å². The van der Waals surface area contributed by atoms with E-state index in [4.69, 9.17) is 4.74 Å². The van der Waals surface area contributed by atoms with Gasteiger partial charge in [-0.25, -0.2) is 9.78 Å². The number of hydrogen-bond acceptors (Lipinski definition) is 7. The molecule has 0 saturated carbocycles. The number of aryl methyl sites for hydroxylation is 1. The molecule has 1 aromatic carbocycles. The minimum Gasteiger partial charge on any atom is -0.453 e. The molecule has 1 aliphatic heterocycles. The number of nitrogens with zero attached hydrogens (tertiary/aromatic N) is 2. The lowest BCUT2D eigenvalue weighted by Gasteiger charge is -2.27. The molecule has 30 heavy (non-hydrogen) atoms. The van der Waals surface area contributed by atoms with Gasteiger partial charge in [0.25, 0.3) is 5.56 Å². The summed E-state index contributed by atoms with van der Waals surface area (Å²) in [6.07, 6.45) is 0.240. The predicted molar refractivity (Wildman–Crippen MR) is 114 cm³/mol. The van der Waals surface area contributed by atoms with Crippen molar-refractivity contribution >= 4 is 17.9 Å². The molecule has 2 N–H and O–H groups in total. The van der Waals surface area contributed by atoms with E-state index in [1.165, 1.54) is 7.11 Å². The number of methoxy groups -OCH3 is 1. The highest BCUT2D eigenvalue weighted by atomic mass is 32.2. The first-order valence-corrected chi connectivity index (χ1v) is 10.7. The molecule has 3 rings (SSSR count). The summed E-state index contributed by atoms with van der Waals surface area (Å²) >= 11 is 1.73. The Labute approximate surface area is 179 Å². The Morgan fingerprint density at radius 2 is 2.23 bits per heavy atom. The molecule has 1 aromatic heterocycles. The third kappa shape index (κ3) is 4.83. The van der Waals surface area contributed by atoms with Crippen molar-refractivity contribution in [1.29, 1.82) is 5.26 Å². The normalized spacial score (nSPS) is 13.3. The van der Waals surface area contributed by atoms with Gasteiger partial charge in [0, 0.05) is 29.0 Å². The molecule has 0 saturated heterocycles. The molecule has 158 valence electrons. The van der Waals surface area contributed by atoms with Crippen LogP contribution in [0, 0.1) is 11.3 Å². The Morgan fingerprint density at radius 1 is 1.43 bits per heavy atom. The van der Waals surface area contributed by atoms with Crippen LogP contribution >= 0.6 is 11.8 Å². The van der Waals surface area contributed by atoms with Crippen LogP contribution in [-0.4, -0.2) is 42.1 Å². The zero-order chi connectivity index (χ0) is 21.7. The van der Waals surface area contributed by atoms with Gasteiger partial charge in [-0.05, 0) is 32.1 Å². The predicted octanol–water partition coefficient (Wildman–Crippen LogP) is 2.71. The van der Waals surface area contributed by atoms with E-state index < -0.39 is 11.7 Å². The first kappa shape index (κ1) is 21.9. The molecule has 0 radical (unpaired) electrons. The highest BCUT2D eigenvalue weighted by molar-refractivity contribution is 7.98. The van der Waals surface area contributed by atoms with E-state index in [9.17, 15) is 14.9 Å². The fourth-order valence-corrected chi connectivity index (χ4v) is 4.28. The third-order valence-corrected chi connectivity index (χ3v) is 5.90. The number of nitrogens with one attached hydrogen (secondary N) is 2. The van der Waals surface area contributed by atoms with Crippen LogP contribution in [0.1, 0.15) is 36.2 Å². The number of alkyl carbamates (subject to hydrolysis) is 1. The second-order valence-electron chi connectivity index (χ2n) is 7.29. The van der Waals surface area contributed by atoms with Gasteiger partial charge in [0.1, 0.15) is 5.82 Å². The Hall–Kier alpha value is -2.83. The van der Waals surface area contributed by atoms with E-state index in [2.05, 4.69) is 26.1 Å². The SMILES string of the molecule is COC(=O)NCCOC(C)(C)c1ccc(-c2nc3c(c(=O)[nH]2)CSCC3)cc1C#N. The van der Waals surface area contributed by atoms with Crippen molar-refractivity contribution in [2.24, 2.45) is 0 Å². The number of amides is 1. The van der Waals surface area contributed by atoms with E-state index in [1.807, 2.05) is 26.0 Å². The maximum absolute atomic E-state index is 12.4. The molecular formula is C21H24N4O4S. The molecule has 0 unspecified atom stereocenters. The number of carbonyl (C=O) groups excluding carboxylic acids is 1. The van der Waals surface area contributed by atoms with Gasteiger partial charge in [-0.15, -0.1) is 0 Å². The van der Waals surface area contributed by atoms with Crippen LogP contribution in [0.3, 0.4) is 0 Å². The Balaban J connectivity index is 1.83. The minimum absolute atomic E-state index is 0.119. The van der Waals surface area contributed by atoms with Crippen LogP contribution < -0.4 is 10.9 Å². The number of H-pyrrole nitrogens is 1. The van der Waals surface area contributed by atoms with Gasteiger partial charge in [0.05, 0.1) is 36.6 Å². The van der Waals surface area contributed by atoms with Crippen LogP contribution in [0.4, 0.5) is 4.79 Å². The summed E-state index contributed by atoms with van der Waals surface area (Å²) in [5.74, 6) is 2.09. The number of rotatable bonds is 6. The molecular weight excluding hydrogens is 404 g/mol. The number of carbonyl (C=O) groups is 1. The van der Waals surface area contributed by atoms with Gasteiger partial charge >= 0.3 is 6.09 Å². The van der Waals surface area contributed by atoms with Crippen molar-refractivity contribution in [3.8, 4) is 17.5 Å². The molecule has 0 spiro atoms. The van der Waals surface area contributed by atoms with Gasteiger partial charge < -0.3 is 19.8 Å². The van der Waals surface area contributed by atoms with E-state index in [-0.39, 0.29) is 18.7 Å². The van der Waals surface area contributed by atoms with Crippen molar-refractivity contribution in [3.05, 3.63) is 50.9 Å². The molecule has 0 atom stereocenters. The number of ether oxygens (including phenoxy) is 2. The highest BCUT2D eigenvalue weighted by Crippen LogP contribution is 2.30. The first-order valence-electron chi connectivity index (χ1n) is 9.56. The van der Waals surface area contributed by atoms with Crippen LogP contribution in [0.15, 0.2) is 23.0 Å². The average Bonchev–Trinajstić information content (AvgIpc) is 2.76. The molecule has 0 aliphatic carbocycles. The molecule has 9 heteroatoms. The summed E-state index contributed by atoms with van der Waals surface area (Å²) in [5.41, 5.74) is 2.52. The largest absolute Gasteiger partial charge is 0.453 e. The quantitative estimate of drug-likeness (QED) is 0.679. The fraction of sp³-hybridized carbons (Fsp3) is 0.429. The van der Waals surface area contributed by atoms with Crippen molar-refractivity contribution < 1.29 is 14.3 Å². The lowest BCUT2D eigenvalue weighted by atomic mass is 9.91. The summed E-state index contributed by atoms with van der Waals surface area (Å²) in [6.45, 7) is 4.26. The summed E-state index contributed by atoms with van der Waals surface area (Å²) in [5, 5.41) is 12.3. The Bertz CT molecular complexity index is 1040. The van der Waals surface area contributed by atoms with Crippen LogP contribution in [-0.2, 0) is 27.2 Å². The highest BCUT2D eigenvalue weighted by Gasteiger charge is 2.25. The summed E-state index contributed by atoms with van der Waals surface area (Å²) < 4.78 is 10.4. The minimum atomic E-state index is -0.755. The van der Waals surface area contributed by atoms with E-state index >= 15 is 0 Å². The second kappa shape index (κ2) is 9.32. The molecule has 1 aliphatic rings. The maximum Gasteiger partial charge on any atom is 0.406 e. The lowest BCUT2D eigenvalue weighted by Crippen LogP contribution is -2.31. The second-order valence-corrected chi connectivity index (χ2v) is 8.40. The summed E-state index contributed by atoms with van der Waals surface area (Å²) in [6, 6.07) is 7.58. The summed E-state index contributed by atoms with van der Waals surface area (Å²) in [7, 11) is 1.30. The number of fused-ring (bicyclic) bond motifs is 1. The molecule has 8 nitrogen and oxygen atoms in total. The van der Waals surface area contributed by atoms with Crippen molar-refractivity contribution in [1.82, 2.24) is 15.3 Å². The van der Waals surface area contributed by atoms with Crippen molar-refractivity contribution in [2.75, 3.05) is 26.0 Å². The summed E-state index contributed by atoms with van der Waals surface area (Å²) in [4.78, 5) is 31.0. The third-order valence-electron chi connectivity index (χ3n) is 4.91. The molecule has 0 bridgehead atoms.